The first kappa shape index (κ1) is 12.6. The second-order valence-electron chi connectivity index (χ2n) is 2.58. The van der Waals surface area contributed by atoms with Crippen molar-refractivity contribution in [2.24, 2.45) is 0 Å². The van der Waals surface area contributed by atoms with E-state index in [2.05, 4.69) is 6.07 Å². The maximum absolute atomic E-state index is 5.38. The zero-order valence-corrected chi connectivity index (χ0v) is 8.41. The Kier molecular flexibility index (Phi) is 6.80. The van der Waals surface area contributed by atoms with Crippen LogP contribution in [0.3, 0.4) is 0 Å². The Morgan fingerprint density at radius 1 is 1.46 bits per heavy atom. The van der Waals surface area contributed by atoms with Crippen molar-refractivity contribution in [1.29, 1.82) is 0 Å². The van der Waals surface area contributed by atoms with Crippen LogP contribution in [0, 0.1) is 6.07 Å². The number of hydrogen-bond donors (Lipinski definition) is 0. The van der Waals surface area contributed by atoms with Crippen LogP contribution < -0.4 is 23.6 Å². The first-order chi connectivity index (χ1) is 5.83. The van der Waals surface area contributed by atoms with E-state index >= 15 is 0 Å². The Morgan fingerprint density at radius 2 is 2.23 bits per heavy atom. The molecule has 0 unspecified atom stereocenters. The summed E-state index contributed by atoms with van der Waals surface area (Å²) in [6, 6.07) is 10.5. The van der Waals surface area contributed by atoms with E-state index in [4.69, 9.17) is 9.47 Å². The van der Waals surface area contributed by atoms with Crippen molar-refractivity contribution >= 4 is 0 Å². The summed E-state index contributed by atoms with van der Waals surface area (Å²) in [5.74, 6) is 0.765. The third-order valence-electron chi connectivity index (χ3n) is 1.56. The van der Waals surface area contributed by atoms with E-state index in [9.17, 15) is 0 Å². The van der Waals surface area contributed by atoms with Crippen molar-refractivity contribution in [3.63, 3.8) is 0 Å². The van der Waals surface area contributed by atoms with Crippen LogP contribution in [0.1, 0.15) is 6.92 Å². The van der Waals surface area contributed by atoms with Crippen molar-refractivity contribution < 1.29 is 28.3 Å². The van der Waals surface area contributed by atoms with Crippen LogP contribution >= 0.6 is 0 Å². The monoisotopic (exact) mass is 172 g/mol. The fraction of sp³-hybridized carbons (Fsp3) is 0.400. The van der Waals surface area contributed by atoms with E-state index in [1.807, 2.05) is 31.2 Å². The standard InChI is InChI=1S/C10H13O2.Li/c1-9(11-2)8-12-10-6-4-3-5-7-10;/h3-6,9H,8H2,1-2H3;/q-1;+1/t9-;/m1./s1. The molecular weight excluding hydrogens is 159 g/mol. The van der Waals surface area contributed by atoms with E-state index in [1.165, 1.54) is 0 Å². The summed E-state index contributed by atoms with van der Waals surface area (Å²) in [4.78, 5) is 0. The van der Waals surface area contributed by atoms with Crippen molar-refractivity contribution in [3.05, 3.63) is 30.3 Å². The number of benzene rings is 1. The van der Waals surface area contributed by atoms with Gasteiger partial charge in [0, 0.05) is 12.9 Å². The summed E-state index contributed by atoms with van der Waals surface area (Å²) >= 11 is 0. The largest absolute Gasteiger partial charge is 1.00 e. The quantitative estimate of drug-likeness (QED) is 0.424. The molecule has 0 radical (unpaired) electrons. The van der Waals surface area contributed by atoms with Gasteiger partial charge in [0.1, 0.15) is 6.61 Å². The molecule has 0 saturated heterocycles. The summed E-state index contributed by atoms with van der Waals surface area (Å²) in [6.07, 6.45) is 0.124. The van der Waals surface area contributed by atoms with Crippen LogP contribution in [-0.4, -0.2) is 19.8 Å². The van der Waals surface area contributed by atoms with Crippen LogP contribution in [0.2, 0.25) is 0 Å². The minimum absolute atomic E-state index is 0. The van der Waals surface area contributed by atoms with Crippen LogP contribution in [-0.2, 0) is 4.74 Å². The number of ether oxygens (including phenoxy) is 2. The Balaban J connectivity index is 0.00000144. The van der Waals surface area contributed by atoms with Gasteiger partial charge in [-0.3, -0.25) is 0 Å². The van der Waals surface area contributed by atoms with Crippen LogP contribution in [0.15, 0.2) is 24.3 Å². The van der Waals surface area contributed by atoms with Gasteiger partial charge in [0.15, 0.2) is 0 Å². The Morgan fingerprint density at radius 3 is 2.77 bits per heavy atom. The molecule has 0 spiro atoms. The molecule has 0 aromatic heterocycles. The van der Waals surface area contributed by atoms with Crippen molar-refractivity contribution in [3.8, 4) is 5.75 Å². The smallest absolute Gasteiger partial charge is 0.517 e. The predicted molar refractivity (Wildman–Crippen MR) is 47.2 cm³/mol. The predicted octanol–water partition coefficient (Wildman–Crippen LogP) is -1.10. The second-order valence-corrected chi connectivity index (χ2v) is 2.58. The molecule has 0 N–H and O–H groups in total. The molecule has 1 aromatic rings. The Labute approximate surface area is 91.4 Å². The maximum atomic E-state index is 5.38. The normalized spacial score (nSPS) is 11.5. The van der Waals surface area contributed by atoms with E-state index in [0.717, 1.165) is 5.75 Å². The Hall–Kier alpha value is -0.423. The molecule has 0 heterocycles. The van der Waals surface area contributed by atoms with Gasteiger partial charge in [-0.05, 0) is 6.92 Å². The van der Waals surface area contributed by atoms with Gasteiger partial charge in [-0.25, -0.2) is 0 Å². The molecule has 3 heteroatoms. The molecule has 1 rings (SSSR count). The third-order valence-corrected chi connectivity index (χ3v) is 1.56. The Bertz CT molecular complexity index is 213. The molecule has 0 amide bonds. The molecule has 0 aliphatic rings. The topological polar surface area (TPSA) is 18.5 Å². The van der Waals surface area contributed by atoms with Crippen molar-refractivity contribution in [2.75, 3.05) is 13.7 Å². The molecule has 13 heavy (non-hydrogen) atoms. The molecule has 0 bridgehead atoms. The van der Waals surface area contributed by atoms with Gasteiger partial charge >= 0.3 is 18.9 Å². The summed E-state index contributed by atoms with van der Waals surface area (Å²) in [5.41, 5.74) is 0. The number of methoxy groups -OCH3 is 1. The fourth-order valence-electron chi connectivity index (χ4n) is 0.742. The van der Waals surface area contributed by atoms with Gasteiger partial charge < -0.3 is 9.47 Å². The average Bonchev–Trinajstić information content (AvgIpc) is 2.16. The van der Waals surface area contributed by atoms with E-state index < -0.39 is 0 Å². The van der Waals surface area contributed by atoms with Gasteiger partial charge in [-0.2, -0.15) is 18.2 Å². The number of rotatable bonds is 4. The van der Waals surface area contributed by atoms with Gasteiger partial charge in [0.05, 0.1) is 6.10 Å². The molecule has 1 atom stereocenters. The average molecular weight is 172 g/mol. The molecule has 0 fully saturated rings. The fourth-order valence-corrected chi connectivity index (χ4v) is 0.742. The first-order valence-corrected chi connectivity index (χ1v) is 3.95. The van der Waals surface area contributed by atoms with Crippen molar-refractivity contribution in [2.45, 2.75) is 13.0 Å². The molecule has 2 nitrogen and oxygen atoms in total. The van der Waals surface area contributed by atoms with E-state index in [1.54, 1.807) is 7.11 Å². The summed E-state index contributed by atoms with van der Waals surface area (Å²) in [5, 5.41) is 0. The van der Waals surface area contributed by atoms with Gasteiger partial charge in [0.2, 0.25) is 0 Å². The SMILES string of the molecule is CO[C@H](C)COc1[c-]cccc1.[Li+]. The number of hydrogen-bond acceptors (Lipinski definition) is 2. The summed E-state index contributed by atoms with van der Waals surface area (Å²) < 4.78 is 10.4. The zero-order chi connectivity index (χ0) is 8.81. The molecular formula is C10H13LiO2. The van der Waals surface area contributed by atoms with Gasteiger partial charge in [-0.15, -0.1) is 12.1 Å². The van der Waals surface area contributed by atoms with Crippen molar-refractivity contribution in [1.82, 2.24) is 0 Å². The van der Waals surface area contributed by atoms with Crippen LogP contribution in [0.25, 0.3) is 0 Å². The molecule has 66 valence electrons. The molecule has 0 aliphatic heterocycles. The maximum Gasteiger partial charge on any atom is 1.00 e. The van der Waals surface area contributed by atoms with E-state index in [-0.39, 0.29) is 25.0 Å². The second kappa shape index (κ2) is 7.03. The summed E-state index contributed by atoms with van der Waals surface area (Å²) in [6.45, 7) is 2.53. The summed E-state index contributed by atoms with van der Waals surface area (Å²) in [7, 11) is 1.67. The van der Waals surface area contributed by atoms with Crippen LogP contribution in [0.4, 0.5) is 0 Å². The first-order valence-electron chi connectivity index (χ1n) is 3.95. The molecule has 0 aliphatic carbocycles. The molecule has 1 aromatic carbocycles. The molecule has 0 saturated carbocycles. The number of para-hydroxylation sites is 1. The van der Waals surface area contributed by atoms with E-state index in [0.29, 0.717) is 6.61 Å². The van der Waals surface area contributed by atoms with Crippen LogP contribution in [0.5, 0.6) is 5.75 Å². The van der Waals surface area contributed by atoms with Gasteiger partial charge in [0.25, 0.3) is 0 Å². The third kappa shape index (κ3) is 5.00. The minimum atomic E-state index is 0. The zero-order valence-electron chi connectivity index (χ0n) is 8.41. The minimum Gasteiger partial charge on any atom is -0.517 e. The van der Waals surface area contributed by atoms with Gasteiger partial charge in [-0.1, -0.05) is 0 Å².